The van der Waals surface area contributed by atoms with Crippen molar-refractivity contribution in [1.29, 1.82) is 0 Å². The van der Waals surface area contributed by atoms with Crippen LogP contribution in [-0.2, 0) is 4.79 Å². The predicted octanol–water partition coefficient (Wildman–Crippen LogP) is 0.930. The molecule has 0 atom stereocenters. The number of primary amides is 1. The summed E-state index contributed by atoms with van der Waals surface area (Å²) in [6, 6.07) is 6.37. The molecule has 0 bridgehead atoms. The Balaban J connectivity index is 2.84. The molecule has 0 aliphatic heterocycles. The van der Waals surface area contributed by atoms with Crippen molar-refractivity contribution in [3.8, 4) is 5.75 Å². The minimum atomic E-state index is -0.635. The molecule has 0 unspecified atom stereocenters. The number of halogens is 1. The van der Waals surface area contributed by atoms with Gasteiger partial charge in [-0.25, -0.2) is 0 Å². The van der Waals surface area contributed by atoms with E-state index in [0.29, 0.717) is 0 Å². The quantitative estimate of drug-likeness (QED) is 0.757. The second-order valence-electron chi connectivity index (χ2n) is 2.50. The predicted molar refractivity (Wildman–Crippen MR) is 51.3 cm³/mol. The standard InChI is InChI=1S/C9H8ClNO3/c10-8(12)5-14-7-4-2-1-3-6(7)9(11)13/h1-4H,5H2,(H2,11,13). The van der Waals surface area contributed by atoms with Crippen molar-refractivity contribution >= 4 is 22.8 Å². The number of carbonyl (C=O) groups is 2. The van der Waals surface area contributed by atoms with E-state index in [9.17, 15) is 9.59 Å². The van der Waals surface area contributed by atoms with Crippen molar-refractivity contribution in [3.05, 3.63) is 29.8 Å². The normalized spacial score (nSPS) is 9.50. The molecule has 0 heterocycles. The van der Waals surface area contributed by atoms with Crippen molar-refractivity contribution in [3.63, 3.8) is 0 Å². The molecule has 0 fully saturated rings. The maximum Gasteiger partial charge on any atom is 0.259 e. The molecule has 0 aromatic heterocycles. The number of rotatable bonds is 4. The summed E-state index contributed by atoms with van der Waals surface area (Å²) in [6.07, 6.45) is 0. The van der Waals surface area contributed by atoms with Crippen molar-refractivity contribution < 1.29 is 14.3 Å². The van der Waals surface area contributed by atoms with Gasteiger partial charge in [0.25, 0.3) is 11.1 Å². The summed E-state index contributed by atoms with van der Waals surface area (Å²) in [5.74, 6) is -0.350. The van der Waals surface area contributed by atoms with Crippen LogP contribution in [0.25, 0.3) is 0 Å². The lowest BCUT2D eigenvalue weighted by Gasteiger charge is -2.06. The molecule has 1 aromatic carbocycles. The van der Waals surface area contributed by atoms with Gasteiger partial charge in [-0.1, -0.05) is 12.1 Å². The Kier molecular flexibility index (Phi) is 3.48. The zero-order chi connectivity index (χ0) is 10.6. The van der Waals surface area contributed by atoms with Crippen LogP contribution in [0.3, 0.4) is 0 Å². The third-order valence-corrected chi connectivity index (χ3v) is 1.60. The number of hydrogen-bond acceptors (Lipinski definition) is 3. The fourth-order valence-electron chi connectivity index (χ4n) is 0.931. The van der Waals surface area contributed by atoms with Gasteiger partial charge in [-0.2, -0.15) is 0 Å². The van der Waals surface area contributed by atoms with Gasteiger partial charge in [0.2, 0.25) is 0 Å². The molecule has 0 aliphatic carbocycles. The lowest BCUT2D eigenvalue weighted by Crippen LogP contribution is -2.14. The highest BCUT2D eigenvalue weighted by molar-refractivity contribution is 6.63. The van der Waals surface area contributed by atoms with Gasteiger partial charge in [0.15, 0.2) is 6.61 Å². The van der Waals surface area contributed by atoms with Gasteiger partial charge < -0.3 is 10.5 Å². The van der Waals surface area contributed by atoms with Gasteiger partial charge in [0.1, 0.15) is 5.75 Å². The minimum absolute atomic E-state index is 0.227. The van der Waals surface area contributed by atoms with Crippen molar-refractivity contribution in [2.45, 2.75) is 0 Å². The number of nitrogens with two attached hydrogens (primary N) is 1. The molecular formula is C9H8ClNO3. The Labute approximate surface area is 85.6 Å². The number of para-hydroxylation sites is 1. The smallest absolute Gasteiger partial charge is 0.259 e. The highest BCUT2D eigenvalue weighted by Crippen LogP contribution is 2.16. The van der Waals surface area contributed by atoms with E-state index in [2.05, 4.69) is 0 Å². The number of amides is 1. The maximum absolute atomic E-state index is 10.9. The summed E-state index contributed by atoms with van der Waals surface area (Å²) >= 11 is 5.08. The molecule has 1 rings (SSSR count). The van der Waals surface area contributed by atoms with Gasteiger partial charge in [0, 0.05) is 0 Å². The van der Waals surface area contributed by atoms with E-state index in [0.717, 1.165) is 0 Å². The molecule has 14 heavy (non-hydrogen) atoms. The summed E-state index contributed by atoms with van der Waals surface area (Å²) in [7, 11) is 0. The summed E-state index contributed by atoms with van der Waals surface area (Å²) in [5, 5.41) is -0.635. The molecule has 1 aromatic rings. The summed E-state index contributed by atoms with van der Waals surface area (Å²) in [5.41, 5.74) is 5.31. The third kappa shape index (κ3) is 2.74. The molecule has 1 amide bonds. The van der Waals surface area contributed by atoms with Gasteiger partial charge in [-0.15, -0.1) is 0 Å². The van der Waals surface area contributed by atoms with Gasteiger partial charge >= 0.3 is 0 Å². The van der Waals surface area contributed by atoms with Crippen LogP contribution >= 0.6 is 11.6 Å². The zero-order valence-corrected chi connectivity index (χ0v) is 7.95. The van der Waals surface area contributed by atoms with Crippen molar-refractivity contribution in [2.24, 2.45) is 5.73 Å². The highest BCUT2D eigenvalue weighted by atomic mass is 35.5. The fourth-order valence-corrected chi connectivity index (χ4v) is 0.985. The molecular weight excluding hydrogens is 206 g/mol. The number of carbonyl (C=O) groups excluding carboxylic acids is 2. The number of benzene rings is 1. The van der Waals surface area contributed by atoms with E-state index < -0.39 is 11.1 Å². The van der Waals surface area contributed by atoms with E-state index in [1.807, 2.05) is 0 Å². The first-order valence-electron chi connectivity index (χ1n) is 3.81. The Morgan fingerprint density at radius 2 is 2.00 bits per heavy atom. The van der Waals surface area contributed by atoms with Gasteiger partial charge in [-0.3, -0.25) is 9.59 Å². The van der Waals surface area contributed by atoms with Crippen LogP contribution in [-0.4, -0.2) is 17.8 Å². The third-order valence-electron chi connectivity index (χ3n) is 1.49. The lowest BCUT2D eigenvalue weighted by atomic mass is 10.2. The van der Waals surface area contributed by atoms with Crippen LogP contribution in [0, 0.1) is 0 Å². The molecule has 0 aliphatic rings. The monoisotopic (exact) mass is 213 g/mol. The first-order valence-corrected chi connectivity index (χ1v) is 4.19. The molecule has 5 heteroatoms. The average molecular weight is 214 g/mol. The highest BCUT2D eigenvalue weighted by Gasteiger charge is 2.08. The van der Waals surface area contributed by atoms with E-state index in [1.165, 1.54) is 6.07 Å². The molecule has 0 radical (unpaired) electrons. The molecule has 2 N–H and O–H groups in total. The van der Waals surface area contributed by atoms with Crippen molar-refractivity contribution in [1.82, 2.24) is 0 Å². The van der Waals surface area contributed by atoms with E-state index in [-0.39, 0.29) is 17.9 Å². The molecule has 0 spiro atoms. The second-order valence-corrected chi connectivity index (χ2v) is 2.93. The van der Waals surface area contributed by atoms with E-state index >= 15 is 0 Å². The van der Waals surface area contributed by atoms with Crippen LogP contribution in [0.1, 0.15) is 10.4 Å². The second kappa shape index (κ2) is 4.62. The van der Waals surface area contributed by atoms with Crippen LogP contribution in [0.15, 0.2) is 24.3 Å². The van der Waals surface area contributed by atoms with Crippen molar-refractivity contribution in [2.75, 3.05) is 6.61 Å². The van der Waals surface area contributed by atoms with Gasteiger partial charge in [0.05, 0.1) is 5.56 Å². The van der Waals surface area contributed by atoms with Gasteiger partial charge in [-0.05, 0) is 23.7 Å². The summed E-state index contributed by atoms with van der Waals surface area (Å²) in [6.45, 7) is -0.286. The Morgan fingerprint density at radius 3 is 2.57 bits per heavy atom. The largest absolute Gasteiger partial charge is 0.484 e. The first kappa shape index (κ1) is 10.5. The van der Waals surface area contributed by atoms with E-state index in [4.69, 9.17) is 22.1 Å². The van der Waals surface area contributed by atoms with Crippen LogP contribution in [0.4, 0.5) is 0 Å². The molecule has 0 saturated carbocycles. The molecule has 4 nitrogen and oxygen atoms in total. The Hall–Kier alpha value is -1.55. The summed E-state index contributed by atoms with van der Waals surface area (Å²) < 4.78 is 4.98. The Bertz CT molecular complexity index is 365. The first-order chi connectivity index (χ1) is 6.61. The average Bonchev–Trinajstić information content (AvgIpc) is 2.15. The molecule has 74 valence electrons. The topological polar surface area (TPSA) is 69.4 Å². The number of hydrogen-bond donors (Lipinski definition) is 1. The Morgan fingerprint density at radius 1 is 1.36 bits per heavy atom. The minimum Gasteiger partial charge on any atom is -0.484 e. The lowest BCUT2D eigenvalue weighted by molar-refractivity contribution is -0.113. The van der Waals surface area contributed by atoms with Crippen LogP contribution < -0.4 is 10.5 Å². The van der Waals surface area contributed by atoms with E-state index in [1.54, 1.807) is 18.2 Å². The maximum atomic E-state index is 10.9. The summed E-state index contributed by atoms with van der Waals surface area (Å²) in [4.78, 5) is 21.3. The molecule has 0 saturated heterocycles. The number of ether oxygens (including phenoxy) is 1. The van der Waals surface area contributed by atoms with Crippen LogP contribution in [0.5, 0.6) is 5.75 Å². The fraction of sp³-hybridized carbons (Fsp3) is 0.111. The zero-order valence-electron chi connectivity index (χ0n) is 7.20. The SMILES string of the molecule is NC(=O)c1ccccc1OCC(=O)Cl. The van der Waals surface area contributed by atoms with Crippen LogP contribution in [0.2, 0.25) is 0 Å².